The van der Waals surface area contributed by atoms with Crippen molar-refractivity contribution in [3.05, 3.63) is 0 Å². The Balaban J connectivity index is 1.92. The first kappa shape index (κ1) is 17.5. The van der Waals surface area contributed by atoms with Crippen LogP contribution in [0.1, 0.15) is 40.0 Å². The third-order valence-electron chi connectivity index (χ3n) is 3.81. The van der Waals surface area contributed by atoms with E-state index in [-0.39, 0.29) is 31.5 Å². The van der Waals surface area contributed by atoms with E-state index in [0.29, 0.717) is 6.54 Å². The highest BCUT2D eigenvalue weighted by Gasteiger charge is 2.47. The van der Waals surface area contributed by atoms with Gasteiger partial charge in [-0.25, -0.2) is 9.59 Å². The average molecular weight is 327 g/mol. The van der Waals surface area contributed by atoms with Gasteiger partial charge in [0.2, 0.25) is 5.91 Å². The summed E-state index contributed by atoms with van der Waals surface area (Å²) >= 11 is 0. The van der Waals surface area contributed by atoms with E-state index in [1.807, 2.05) is 0 Å². The first-order valence-corrected chi connectivity index (χ1v) is 7.86. The van der Waals surface area contributed by atoms with Crippen LogP contribution in [0.15, 0.2) is 0 Å². The van der Waals surface area contributed by atoms with Gasteiger partial charge in [-0.3, -0.25) is 9.69 Å². The molecule has 0 aromatic carbocycles. The standard InChI is InChI=1S/C15H25N3O5/c1-14(2,3)23-13(22)17-15(12(20)21)6-7-18(9-15)8-11(19)16-10-4-5-10/h10H,4-9H2,1-3H3,(H,16,19)(H,17,22)(H,20,21). The molecule has 2 fully saturated rings. The van der Waals surface area contributed by atoms with Crippen molar-refractivity contribution in [3.8, 4) is 0 Å². The number of amides is 2. The van der Waals surface area contributed by atoms with Gasteiger partial charge in [0.05, 0.1) is 6.54 Å². The molecule has 3 N–H and O–H groups in total. The first-order chi connectivity index (χ1) is 10.6. The lowest BCUT2D eigenvalue weighted by Gasteiger charge is -2.28. The highest BCUT2D eigenvalue weighted by Crippen LogP contribution is 2.23. The Morgan fingerprint density at radius 2 is 1.96 bits per heavy atom. The first-order valence-electron chi connectivity index (χ1n) is 7.86. The van der Waals surface area contributed by atoms with Crippen molar-refractivity contribution >= 4 is 18.0 Å². The highest BCUT2D eigenvalue weighted by molar-refractivity contribution is 5.85. The molecule has 2 rings (SSSR count). The summed E-state index contributed by atoms with van der Waals surface area (Å²) in [5.74, 6) is -1.22. The second kappa shape index (κ2) is 6.35. The van der Waals surface area contributed by atoms with E-state index in [0.717, 1.165) is 12.8 Å². The zero-order valence-electron chi connectivity index (χ0n) is 13.8. The average Bonchev–Trinajstić information content (AvgIpc) is 3.08. The number of nitrogens with zero attached hydrogens (tertiary/aromatic N) is 1. The van der Waals surface area contributed by atoms with Crippen molar-refractivity contribution in [2.75, 3.05) is 19.6 Å². The number of nitrogens with one attached hydrogen (secondary N) is 2. The Morgan fingerprint density at radius 3 is 2.48 bits per heavy atom. The lowest BCUT2D eigenvalue weighted by atomic mass is 9.99. The molecule has 130 valence electrons. The van der Waals surface area contributed by atoms with E-state index in [2.05, 4.69) is 10.6 Å². The molecule has 0 bridgehead atoms. The summed E-state index contributed by atoms with van der Waals surface area (Å²) < 4.78 is 5.14. The molecule has 0 aromatic rings. The second-order valence-corrected chi connectivity index (χ2v) is 7.32. The molecule has 1 aliphatic carbocycles. The Morgan fingerprint density at radius 1 is 1.30 bits per heavy atom. The summed E-state index contributed by atoms with van der Waals surface area (Å²) in [6.45, 7) is 5.79. The number of alkyl carbamates (subject to hydrolysis) is 1. The van der Waals surface area contributed by atoms with E-state index >= 15 is 0 Å². The van der Waals surface area contributed by atoms with E-state index in [1.54, 1.807) is 25.7 Å². The molecule has 8 nitrogen and oxygen atoms in total. The molecule has 0 spiro atoms. The SMILES string of the molecule is CC(C)(C)OC(=O)NC1(C(=O)O)CCN(CC(=O)NC2CC2)C1. The molecule has 0 radical (unpaired) electrons. The van der Waals surface area contributed by atoms with E-state index in [4.69, 9.17) is 4.74 Å². The van der Waals surface area contributed by atoms with E-state index in [1.165, 1.54) is 0 Å². The molecule has 1 heterocycles. The minimum atomic E-state index is -1.41. The summed E-state index contributed by atoms with van der Waals surface area (Å²) in [5.41, 5.74) is -2.12. The van der Waals surface area contributed by atoms with Gasteiger partial charge in [0, 0.05) is 19.1 Å². The summed E-state index contributed by atoms with van der Waals surface area (Å²) in [6, 6.07) is 0.272. The molecular weight excluding hydrogens is 302 g/mol. The fourth-order valence-corrected chi connectivity index (χ4v) is 2.56. The number of ether oxygens (including phenoxy) is 1. The zero-order chi connectivity index (χ0) is 17.3. The van der Waals surface area contributed by atoms with Crippen LogP contribution in [0, 0.1) is 0 Å². The number of carbonyl (C=O) groups excluding carboxylic acids is 2. The fourth-order valence-electron chi connectivity index (χ4n) is 2.56. The minimum Gasteiger partial charge on any atom is -0.479 e. The van der Waals surface area contributed by atoms with Gasteiger partial charge in [-0.15, -0.1) is 0 Å². The smallest absolute Gasteiger partial charge is 0.408 e. The number of rotatable bonds is 5. The molecule has 1 saturated heterocycles. The van der Waals surface area contributed by atoms with Gasteiger partial charge in [-0.2, -0.15) is 0 Å². The van der Waals surface area contributed by atoms with Crippen molar-refractivity contribution < 1.29 is 24.2 Å². The Kier molecular flexibility index (Phi) is 4.84. The number of aliphatic carboxylic acids is 1. The summed E-state index contributed by atoms with van der Waals surface area (Å²) in [6.07, 6.45) is 1.48. The van der Waals surface area contributed by atoms with E-state index in [9.17, 15) is 19.5 Å². The lowest BCUT2D eigenvalue weighted by Crippen LogP contribution is -2.57. The maximum atomic E-state index is 11.9. The maximum Gasteiger partial charge on any atom is 0.408 e. The highest BCUT2D eigenvalue weighted by atomic mass is 16.6. The molecule has 0 aromatic heterocycles. The van der Waals surface area contributed by atoms with Crippen LogP contribution in [0.5, 0.6) is 0 Å². The molecule has 1 aliphatic heterocycles. The maximum absolute atomic E-state index is 11.9. The van der Waals surface area contributed by atoms with Crippen molar-refractivity contribution in [2.45, 2.75) is 57.2 Å². The molecule has 2 amide bonds. The molecule has 8 heteroatoms. The van der Waals surface area contributed by atoms with Crippen LogP contribution in [0.25, 0.3) is 0 Å². The van der Waals surface area contributed by atoms with Crippen molar-refractivity contribution in [2.24, 2.45) is 0 Å². The topological polar surface area (TPSA) is 108 Å². The van der Waals surface area contributed by atoms with Gasteiger partial charge in [0.25, 0.3) is 0 Å². The molecule has 1 unspecified atom stereocenters. The molecule has 2 aliphatic rings. The summed E-state index contributed by atoms with van der Waals surface area (Å²) in [7, 11) is 0. The number of carbonyl (C=O) groups is 3. The van der Waals surface area contributed by atoms with Crippen LogP contribution in [-0.4, -0.2) is 64.8 Å². The second-order valence-electron chi connectivity index (χ2n) is 7.32. The lowest BCUT2D eigenvalue weighted by molar-refractivity contribution is -0.144. The van der Waals surface area contributed by atoms with Gasteiger partial charge in [-0.1, -0.05) is 0 Å². The summed E-state index contributed by atoms with van der Waals surface area (Å²) in [5, 5.41) is 14.9. The largest absolute Gasteiger partial charge is 0.479 e. The van der Waals surface area contributed by atoms with Crippen LogP contribution >= 0.6 is 0 Å². The molecule has 1 atom stereocenters. The van der Waals surface area contributed by atoms with Gasteiger partial charge in [0.15, 0.2) is 5.54 Å². The monoisotopic (exact) mass is 327 g/mol. The third kappa shape index (κ3) is 5.09. The van der Waals surface area contributed by atoms with E-state index < -0.39 is 23.2 Å². The van der Waals surface area contributed by atoms with Gasteiger partial charge >= 0.3 is 12.1 Å². The zero-order valence-corrected chi connectivity index (χ0v) is 13.8. The molecular formula is C15H25N3O5. The number of carboxylic acid groups (broad SMARTS) is 1. The number of carboxylic acids is 1. The Bertz CT molecular complexity index is 498. The van der Waals surface area contributed by atoms with Gasteiger partial charge < -0.3 is 20.5 Å². The van der Waals surface area contributed by atoms with Crippen molar-refractivity contribution in [1.29, 1.82) is 0 Å². The predicted molar refractivity (Wildman–Crippen MR) is 82.0 cm³/mol. The predicted octanol–water partition coefficient (Wildman–Crippen LogP) is 0.319. The van der Waals surface area contributed by atoms with Crippen molar-refractivity contribution in [3.63, 3.8) is 0 Å². The number of hydrogen-bond donors (Lipinski definition) is 3. The Hall–Kier alpha value is -1.83. The van der Waals surface area contributed by atoms with Crippen LogP contribution in [0.2, 0.25) is 0 Å². The van der Waals surface area contributed by atoms with Crippen LogP contribution < -0.4 is 10.6 Å². The number of likely N-dealkylation sites (tertiary alicyclic amines) is 1. The minimum absolute atomic E-state index is 0.0830. The Labute approximate surface area is 135 Å². The van der Waals surface area contributed by atoms with Crippen LogP contribution in [-0.2, 0) is 14.3 Å². The molecule has 1 saturated carbocycles. The van der Waals surface area contributed by atoms with Crippen LogP contribution in [0.3, 0.4) is 0 Å². The fraction of sp³-hybridized carbons (Fsp3) is 0.800. The van der Waals surface area contributed by atoms with Crippen molar-refractivity contribution in [1.82, 2.24) is 15.5 Å². The third-order valence-corrected chi connectivity index (χ3v) is 3.81. The number of hydrogen-bond acceptors (Lipinski definition) is 5. The molecule has 23 heavy (non-hydrogen) atoms. The van der Waals surface area contributed by atoms with Gasteiger partial charge in [-0.05, 0) is 40.0 Å². The van der Waals surface area contributed by atoms with Gasteiger partial charge in [0.1, 0.15) is 5.60 Å². The summed E-state index contributed by atoms with van der Waals surface area (Å²) in [4.78, 5) is 37.1. The normalized spacial score (nSPS) is 25.0. The quantitative estimate of drug-likeness (QED) is 0.671. The van der Waals surface area contributed by atoms with Crippen LogP contribution in [0.4, 0.5) is 4.79 Å².